The highest BCUT2D eigenvalue weighted by Gasteiger charge is 2.11. The maximum atomic E-state index is 11.5. The molecular weight excluding hydrogens is 316 g/mol. The molecule has 0 aliphatic rings. The lowest BCUT2D eigenvalue weighted by Crippen LogP contribution is -2.00. The van der Waals surface area contributed by atoms with Crippen LogP contribution >= 0.6 is 11.6 Å². The Morgan fingerprint density at radius 2 is 2.10 bits per heavy atom. The van der Waals surface area contributed by atoms with Crippen molar-refractivity contribution in [1.82, 2.24) is 19.6 Å². The van der Waals surface area contributed by atoms with Gasteiger partial charge in [-0.1, -0.05) is 17.7 Å². The van der Waals surface area contributed by atoms with Crippen molar-refractivity contribution in [3.05, 3.63) is 41.8 Å². The molecule has 0 unspecified atom stereocenters. The Kier molecular flexibility index (Phi) is 3.26. The summed E-state index contributed by atoms with van der Waals surface area (Å²) in [6.45, 7) is 0. The Morgan fingerprint density at radius 3 is 2.86 bits per heavy atom. The Bertz CT molecular complexity index is 923. The van der Waals surface area contributed by atoms with Gasteiger partial charge >= 0.3 is 0 Å². The van der Waals surface area contributed by atoms with E-state index in [0.717, 1.165) is 6.26 Å². The first-order valence-corrected chi connectivity index (χ1v) is 8.05. The van der Waals surface area contributed by atoms with Gasteiger partial charge in [0, 0.05) is 12.3 Å². The number of halogens is 1. The molecule has 0 radical (unpaired) electrons. The fourth-order valence-corrected chi connectivity index (χ4v) is 2.54. The minimum absolute atomic E-state index is 0.162. The van der Waals surface area contributed by atoms with Gasteiger partial charge in [-0.3, -0.25) is 0 Å². The van der Waals surface area contributed by atoms with Gasteiger partial charge in [0.2, 0.25) is 5.88 Å². The van der Waals surface area contributed by atoms with Crippen molar-refractivity contribution in [3.63, 3.8) is 0 Å². The molecule has 0 N–H and O–H groups in total. The van der Waals surface area contributed by atoms with Crippen LogP contribution in [-0.2, 0) is 9.84 Å². The summed E-state index contributed by atoms with van der Waals surface area (Å²) in [6.07, 6.45) is 2.45. The van der Waals surface area contributed by atoms with Crippen LogP contribution in [0.25, 0.3) is 5.78 Å². The number of fused-ring (bicyclic) bond motifs is 1. The zero-order chi connectivity index (χ0) is 15.0. The standard InChI is InChI=1S/C12H9ClN4O3S/c1-21(18,19)9-4-2-3-8(5-9)20-11-6-10(13)16-12-14-7-15-17(11)12/h2-7H,1H3. The second-order valence-corrected chi connectivity index (χ2v) is 6.64. The first-order valence-electron chi connectivity index (χ1n) is 5.78. The molecule has 0 spiro atoms. The van der Waals surface area contributed by atoms with Crippen LogP contribution in [-0.4, -0.2) is 34.3 Å². The number of hydrogen-bond donors (Lipinski definition) is 0. The predicted molar refractivity (Wildman–Crippen MR) is 75.4 cm³/mol. The molecule has 0 saturated carbocycles. The third-order valence-corrected chi connectivity index (χ3v) is 3.95. The lowest BCUT2D eigenvalue weighted by molar-refractivity contribution is 0.444. The monoisotopic (exact) mass is 324 g/mol. The third-order valence-electron chi connectivity index (χ3n) is 2.64. The molecule has 0 atom stereocenters. The molecule has 3 aromatic rings. The topological polar surface area (TPSA) is 86.5 Å². The maximum absolute atomic E-state index is 11.5. The highest BCUT2D eigenvalue weighted by Crippen LogP contribution is 2.25. The second-order valence-electron chi connectivity index (χ2n) is 4.24. The summed E-state index contributed by atoms with van der Waals surface area (Å²) in [6, 6.07) is 7.61. The Morgan fingerprint density at radius 1 is 1.29 bits per heavy atom. The minimum Gasteiger partial charge on any atom is -0.439 e. The van der Waals surface area contributed by atoms with Crippen molar-refractivity contribution in [3.8, 4) is 11.6 Å². The van der Waals surface area contributed by atoms with Gasteiger partial charge in [-0.2, -0.15) is 19.6 Å². The van der Waals surface area contributed by atoms with Crippen molar-refractivity contribution in [1.29, 1.82) is 0 Å². The van der Waals surface area contributed by atoms with Crippen LogP contribution in [0.15, 0.2) is 41.6 Å². The summed E-state index contributed by atoms with van der Waals surface area (Å²) in [7, 11) is -3.31. The quantitative estimate of drug-likeness (QED) is 0.685. The number of rotatable bonds is 3. The molecule has 1 aromatic carbocycles. The lowest BCUT2D eigenvalue weighted by Gasteiger charge is -2.08. The Labute approximate surface area is 125 Å². The SMILES string of the molecule is CS(=O)(=O)c1cccc(Oc2cc(Cl)nc3ncnn23)c1. The van der Waals surface area contributed by atoms with Gasteiger partial charge in [-0.05, 0) is 18.2 Å². The summed E-state index contributed by atoms with van der Waals surface area (Å²) in [5, 5.41) is 4.17. The number of ether oxygens (including phenoxy) is 1. The van der Waals surface area contributed by atoms with Crippen LogP contribution in [0, 0.1) is 0 Å². The highest BCUT2D eigenvalue weighted by molar-refractivity contribution is 7.90. The van der Waals surface area contributed by atoms with Crippen LogP contribution in [0.1, 0.15) is 0 Å². The molecular formula is C12H9ClN4O3S. The maximum Gasteiger partial charge on any atom is 0.256 e. The fourth-order valence-electron chi connectivity index (χ4n) is 1.72. The normalized spacial score (nSPS) is 11.7. The summed E-state index contributed by atoms with van der Waals surface area (Å²) in [5.74, 6) is 0.918. The van der Waals surface area contributed by atoms with Crippen molar-refractivity contribution < 1.29 is 13.2 Å². The van der Waals surface area contributed by atoms with Crippen LogP contribution in [0.4, 0.5) is 0 Å². The summed E-state index contributed by atoms with van der Waals surface area (Å²) in [4.78, 5) is 8.05. The summed E-state index contributed by atoms with van der Waals surface area (Å²) >= 11 is 5.88. The van der Waals surface area contributed by atoms with E-state index in [1.165, 1.54) is 29.0 Å². The highest BCUT2D eigenvalue weighted by atomic mass is 35.5. The average Bonchev–Trinajstić information content (AvgIpc) is 2.86. The molecule has 0 bridgehead atoms. The van der Waals surface area contributed by atoms with Gasteiger partial charge in [0.05, 0.1) is 4.90 Å². The van der Waals surface area contributed by atoms with Crippen LogP contribution in [0.2, 0.25) is 5.15 Å². The van der Waals surface area contributed by atoms with E-state index in [2.05, 4.69) is 15.1 Å². The number of hydrogen-bond acceptors (Lipinski definition) is 6. The van der Waals surface area contributed by atoms with E-state index in [1.807, 2.05) is 0 Å². The van der Waals surface area contributed by atoms with Crippen LogP contribution in [0.3, 0.4) is 0 Å². The Hall–Kier alpha value is -2.19. The predicted octanol–water partition coefficient (Wildman–Crippen LogP) is 1.97. The van der Waals surface area contributed by atoms with Crippen LogP contribution in [0.5, 0.6) is 11.6 Å². The van der Waals surface area contributed by atoms with Crippen molar-refractivity contribution >= 4 is 27.2 Å². The van der Waals surface area contributed by atoms with Gasteiger partial charge in [-0.25, -0.2) is 8.42 Å². The zero-order valence-corrected chi connectivity index (χ0v) is 12.3. The van der Waals surface area contributed by atoms with Crippen LogP contribution < -0.4 is 4.74 Å². The summed E-state index contributed by atoms with van der Waals surface area (Å²) in [5.41, 5.74) is 0. The average molecular weight is 325 g/mol. The van der Waals surface area contributed by atoms with Gasteiger partial charge < -0.3 is 4.74 Å². The molecule has 0 aliphatic carbocycles. The van der Waals surface area contributed by atoms with Gasteiger partial charge in [0.25, 0.3) is 5.78 Å². The van der Waals surface area contributed by atoms with Crippen molar-refractivity contribution in [2.24, 2.45) is 0 Å². The van der Waals surface area contributed by atoms with Gasteiger partial charge in [-0.15, -0.1) is 0 Å². The smallest absolute Gasteiger partial charge is 0.256 e. The largest absolute Gasteiger partial charge is 0.439 e. The van der Waals surface area contributed by atoms with Crippen molar-refractivity contribution in [2.75, 3.05) is 6.26 Å². The van der Waals surface area contributed by atoms with Gasteiger partial charge in [0.15, 0.2) is 9.84 Å². The number of nitrogens with zero attached hydrogens (tertiary/aromatic N) is 4. The van der Waals surface area contributed by atoms with E-state index >= 15 is 0 Å². The number of sulfone groups is 1. The number of benzene rings is 1. The third kappa shape index (κ3) is 2.81. The molecule has 7 nitrogen and oxygen atoms in total. The lowest BCUT2D eigenvalue weighted by atomic mass is 10.3. The summed E-state index contributed by atoms with van der Waals surface area (Å²) < 4.78 is 30.1. The second kappa shape index (κ2) is 4.97. The molecule has 2 aromatic heterocycles. The van der Waals surface area contributed by atoms with Gasteiger partial charge in [0.1, 0.15) is 17.2 Å². The molecule has 0 aliphatic heterocycles. The molecule has 0 fully saturated rings. The molecule has 0 saturated heterocycles. The minimum atomic E-state index is -3.31. The Balaban J connectivity index is 2.05. The first-order chi connectivity index (χ1) is 9.93. The zero-order valence-electron chi connectivity index (χ0n) is 10.8. The molecule has 21 heavy (non-hydrogen) atoms. The fraction of sp³-hybridized carbons (Fsp3) is 0.0833. The molecule has 9 heteroatoms. The van der Waals surface area contributed by atoms with E-state index < -0.39 is 9.84 Å². The van der Waals surface area contributed by atoms with E-state index in [-0.39, 0.29) is 21.7 Å². The first kappa shape index (κ1) is 13.8. The van der Waals surface area contributed by atoms with E-state index in [0.29, 0.717) is 5.75 Å². The number of aromatic nitrogens is 4. The van der Waals surface area contributed by atoms with Crippen molar-refractivity contribution in [2.45, 2.75) is 4.90 Å². The molecule has 108 valence electrons. The van der Waals surface area contributed by atoms with E-state index in [4.69, 9.17) is 16.3 Å². The van der Waals surface area contributed by atoms with E-state index in [1.54, 1.807) is 12.1 Å². The molecule has 0 amide bonds. The van der Waals surface area contributed by atoms with E-state index in [9.17, 15) is 8.42 Å². The molecule has 3 rings (SSSR count). The molecule has 2 heterocycles.